The fourth-order valence-electron chi connectivity index (χ4n) is 3.59. The third-order valence-corrected chi connectivity index (χ3v) is 4.67. The Morgan fingerprint density at radius 2 is 1.74 bits per heavy atom. The van der Waals surface area contributed by atoms with Crippen LogP contribution in [0.5, 0.6) is 0 Å². The number of carbonyl (C=O) groups excluding carboxylic acids is 2. The quantitative estimate of drug-likeness (QED) is 0.848. The Morgan fingerprint density at radius 1 is 1.11 bits per heavy atom. The lowest BCUT2D eigenvalue weighted by atomic mass is 9.82. The monoisotopic (exact) mass is 266 g/mol. The molecule has 1 N–H and O–H groups in total. The Hall–Kier alpha value is -1.06. The van der Waals surface area contributed by atoms with Crippen LogP contribution in [-0.2, 0) is 9.59 Å². The SMILES string of the molecule is CC(C)C1C(=O)NCC(=O)N1C(C)C1CCCCC1. The first-order chi connectivity index (χ1) is 9.02. The number of hydrogen-bond acceptors (Lipinski definition) is 2. The van der Waals surface area contributed by atoms with E-state index in [4.69, 9.17) is 0 Å². The van der Waals surface area contributed by atoms with Crippen molar-refractivity contribution in [2.45, 2.75) is 65.0 Å². The lowest BCUT2D eigenvalue weighted by Gasteiger charge is -2.44. The summed E-state index contributed by atoms with van der Waals surface area (Å²) in [5.41, 5.74) is 0. The highest BCUT2D eigenvalue weighted by atomic mass is 16.2. The van der Waals surface area contributed by atoms with Crippen molar-refractivity contribution in [1.29, 1.82) is 0 Å². The smallest absolute Gasteiger partial charge is 0.243 e. The summed E-state index contributed by atoms with van der Waals surface area (Å²) in [5, 5.41) is 2.72. The fraction of sp³-hybridized carbons (Fsp3) is 0.867. The highest BCUT2D eigenvalue weighted by Crippen LogP contribution is 2.31. The molecule has 1 saturated heterocycles. The van der Waals surface area contributed by atoms with Gasteiger partial charge < -0.3 is 10.2 Å². The molecule has 2 rings (SSSR count). The highest BCUT2D eigenvalue weighted by Gasteiger charge is 2.41. The summed E-state index contributed by atoms with van der Waals surface area (Å²) in [7, 11) is 0. The molecule has 108 valence electrons. The van der Waals surface area contributed by atoms with Gasteiger partial charge in [0.1, 0.15) is 6.04 Å². The zero-order valence-electron chi connectivity index (χ0n) is 12.3. The molecule has 0 radical (unpaired) electrons. The lowest BCUT2D eigenvalue weighted by Crippen LogP contribution is -2.63. The molecule has 0 aromatic rings. The molecule has 1 heterocycles. The molecule has 0 aromatic carbocycles. The molecule has 4 nitrogen and oxygen atoms in total. The van der Waals surface area contributed by atoms with Crippen LogP contribution in [0.4, 0.5) is 0 Å². The van der Waals surface area contributed by atoms with Crippen LogP contribution >= 0.6 is 0 Å². The summed E-state index contributed by atoms with van der Waals surface area (Å²) in [6.45, 7) is 6.33. The Bertz CT molecular complexity index is 348. The molecule has 1 aliphatic heterocycles. The summed E-state index contributed by atoms with van der Waals surface area (Å²) >= 11 is 0. The minimum Gasteiger partial charge on any atom is -0.345 e. The van der Waals surface area contributed by atoms with Gasteiger partial charge in [0, 0.05) is 6.04 Å². The van der Waals surface area contributed by atoms with E-state index >= 15 is 0 Å². The number of hydrogen-bond donors (Lipinski definition) is 1. The van der Waals surface area contributed by atoms with Gasteiger partial charge in [0.05, 0.1) is 6.54 Å². The maximum atomic E-state index is 12.3. The van der Waals surface area contributed by atoms with E-state index in [1.54, 1.807) is 0 Å². The van der Waals surface area contributed by atoms with Gasteiger partial charge in [-0.25, -0.2) is 0 Å². The van der Waals surface area contributed by atoms with Crippen molar-refractivity contribution in [3.05, 3.63) is 0 Å². The van der Waals surface area contributed by atoms with Crippen molar-refractivity contribution in [2.75, 3.05) is 6.54 Å². The van der Waals surface area contributed by atoms with Gasteiger partial charge in [0.2, 0.25) is 11.8 Å². The number of carbonyl (C=O) groups is 2. The van der Waals surface area contributed by atoms with E-state index in [1.165, 1.54) is 32.1 Å². The number of nitrogens with one attached hydrogen (secondary N) is 1. The Labute approximate surface area is 115 Å². The van der Waals surface area contributed by atoms with E-state index < -0.39 is 0 Å². The number of amides is 2. The standard InChI is InChI=1S/C15H26N2O2/c1-10(2)14-15(19)16-9-13(18)17(14)11(3)12-7-5-4-6-8-12/h10-12,14H,4-9H2,1-3H3,(H,16,19). The van der Waals surface area contributed by atoms with Crippen molar-refractivity contribution < 1.29 is 9.59 Å². The predicted octanol–water partition coefficient (Wildman–Crippen LogP) is 1.94. The molecule has 2 amide bonds. The molecule has 1 saturated carbocycles. The second-order valence-corrected chi connectivity index (χ2v) is 6.35. The topological polar surface area (TPSA) is 49.4 Å². The number of rotatable bonds is 3. The van der Waals surface area contributed by atoms with E-state index in [1.807, 2.05) is 18.7 Å². The summed E-state index contributed by atoms with van der Waals surface area (Å²) in [5.74, 6) is 0.814. The van der Waals surface area contributed by atoms with Crippen LogP contribution in [0.3, 0.4) is 0 Å². The van der Waals surface area contributed by atoms with Crippen molar-refractivity contribution >= 4 is 11.8 Å². The minimum absolute atomic E-state index is 0.0114. The molecule has 2 fully saturated rings. The maximum absolute atomic E-state index is 12.3. The van der Waals surface area contributed by atoms with Crippen molar-refractivity contribution in [1.82, 2.24) is 10.2 Å². The Morgan fingerprint density at radius 3 is 2.32 bits per heavy atom. The van der Waals surface area contributed by atoms with Crippen LogP contribution in [0.2, 0.25) is 0 Å². The fourth-order valence-corrected chi connectivity index (χ4v) is 3.59. The number of piperazine rings is 1. The summed E-state index contributed by atoms with van der Waals surface area (Å²) in [6, 6.07) is -0.107. The molecule has 19 heavy (non-hydrogen) atoms. The average Bonchev–Trinajstić information content (AvgIpc) is 2.41. The zero-order valence-corrected chi connectivity index (χ0v) is 12.3. The molecule has 2 atom stereocenters. The normalized spacial score (nSPS) is 27.6. The lowest BCUT2D eigenvalue weighted by molar-refractivity contribution is -0.151. The van der Waals surface area contributed by atoms with Crippen LogP contribution in [-0.4, -0.2) is 35.3 Å². The summed E-state index contributed by atoms with van der Waals surface area (Å²) < 4.78 is 0. The number of nitrogens with zero attached hydrogens (tertiary/aromatic N) is 1. The zero-order chi connectivity index (χ0) is 14.0. The molecule has 1 aliphatic carbocycles. The van der Waals surface area contributed by atoms with Gasteiger partial charge in [0.15, 0.2) is 0 Å². The van der Waals surface area contributed by atoms with Gasteiger partial charge in [-0.1, -0.05) is 33.1 Å². The largest absolute Gasteiger partial charge is 0.345 e. The van der Waals surface area contributed by atoms with E-state index in [9.17, 15) is 9.59 Å². The molecule has 0 bridgehead atoms. The second kappa shape index (κ2) is 5.93. The molecule has 0 aromatic heterocycles. The highest BCUT2D eigenvalue weighted by molar-refractivity contribution is 5.95. The Kier molecular flexibility index (Phi) is 4.48. The van der Waals surface area contributed by atoms with Gasteiger partial charge in [-0.15, -0.1) is 0 Å². The van der Waals surface area contributed by atoms with Crippen LogP contribution in [0.25, 0.3) is 0 Å². The third kappa shape index (κ3) is 2.93. The molecule has 0 spiro atoms. The van der Waals surface area contributed by atoms with E-state index in [0.717, 1.165) is 0 Å². The van der Waals surface area contributed by atoms with Crippen LogP contribution in [0.15, 0.2) is 0 Å². The van der Waals surface area contributed by atoms with E-state index in [2.05, 4.69) is 12.2 Å². The first-order valence-electron chi connectivity index (χ1n) is 7.61. The van der Waals surface area contributed by atoms with Crippen LogP contribution in [0, 0.1) is 11.8 Å². The van der Waals surface area contributed by atoms with E-state index in [0.29, 0.717) is 5.92 Å². The van der Waals surface area contributed by atoms with Gasteiger partial charge in [-0.2, -0.15) is 0 Å². The van der Waals surface area contributed by atoms with Gasteiger partial charge in [0.25, 0.3) is 0 Å². The van der Waals surface area contributed by atoms with Gasteiger partial charge in [-0.05, 0) is 31.6 Å². The molecular formula is C15H26N2O2. The van der Waals surface area contributed by atoms with Gasteiger partial charge >= 0.3 is 0 Å². The Balaban J connectivity index is 2.16. The van der Waals surface area contributed by atoms with Crippen molar-refractivity contribution in [3.8, 4) is 0 Å². The van der Waals surface area contributed by atoms with Gasteiger partial charge in [-0.3, -0.25) is 9.59 Å². The third-order valence-electron chi connectivity index (χ3n) is 4.67. The van der Waals surface area contributed by atoms with Crippen molar-refractivity contribution in [2.24, 2.45) is 11.8 Å². The summed E-state index contributed by atoms with van der Waals surface area (Å²) in [4.78, 5) is 26.2. The maximum Gasteiger partial charge on any atom is 0.243 e. The van der Waals surface area contributed by atoms with Crippen LogP contribution in [0.1, 0.15) is 52.9 Å². The molecule has 4 heteroatoms. The molecule has 2 unspecified atom stereocenters. The predicted molar refractivity (Wildman–Crippen MR) is 74.5 cm³/mol. The van der Waals surface area contributed by atoms with Crippen molar-refractivity contribution in [3.63, 3.8) is 0 Å². The first-order valence-corrected chi connectivity index (χ1v) is 7.61. The summed E-state index contributed by atoms with van der Waals surface area (Å²) in [6.07, 6.45) is 6.21. The van der Waals surface area contributed by atoms with E-state index in [-0.39, 0.29) is 36.4 Å². The average molecular weight is 266 g/mol. The minimum atomic E-state index is -0.293. The van der Waals surface area contributed by atoms with Crippen LogP contribution < -0.4 is 5.32 Å². The first kappa shape index (κ1) is 14.4. The molecular weight excluding hydrogens is 240 g/mol. The second-order valence-electron chi connectivity index (χ2n) is 6.35. The molecule has 2 aliphatic rings.